The van der Waals surface area contributed by atoms with Crippen LogP contribution < -0.4 is 4.72 Å². The Morgan fingerprint density at radius 2 is 1.96 bits per heavy atom. The molecule has 0 spiro atoms. The van der Waals surface area contributed by atoms with E-state index in [2.05, 4.69) is 20.7 Å². The first-order chi connectivity index (χ1) is 10.7. The van der Waals surface area contributed by atoms with Gasteiger partial charge in [0.15, 0.2) is 0 Å². The predicted molar refractivity (Wildman–Crippen MR) is 88.5 cm³/mol. The van der Waals surface area contributed by atoms with Crippen molar-refractivity contribution in [2.24, 2.45) is 0 Å². The molecule has 0 amide bonds. The molecular formula is C13H12BrNO6S2. The number of benzene rings is 1. The van der Waals surface area contributed by atoms with E-state index in [-0.39, 0.29) is 29.2 Å². The Morgan fingerprint density at radius 3 is 2.57 bits per heavy atom. The molecule has 0 aliphatic carbocycles. The van der Waals surface area contributed by atoms with E-state index >= 15 is 0 Å². The van der Waals surface area contributed by atoms with Crippen LogP contribution in [0.15, 0.2) is 27.6 Å². The van der Waals surface area contributed by atoms with Crippen LogP contribution in [-0.4, -0.2) is 37.1 Å². The average molecular weight is 422 g/mol. The van der Waals surface area contributed by atoms with Gasteiger partial charge >= 0.3 is 11.9 Å². The van der Waals surface area contributed by atoms with Crippen molar-refractivity contribution in [1.82, 2.24) is 4.72 Å². The predicted octanol–water partition coefficient (Wildman–Crippen LogP) is 2.51. The molecule has 0 saturated carbocycles. The molecule has 0 aliphatic rings. The van der Waals surface area contributed by atoms with E-state index in [9.17, 15) is 18.0 Å². The number of carboxylic acids is 2. The summed E-state index contributed by atoms with van der Waals surface area (Å²) < 4.78 is 27.7. The molecule has 0 fully saturated rings. The fourth-order valence-electron chi connectivity index (χ4n) is 1.94. The standard InChI is InChI=1S/C13H12BrNO6S2/c14-10-7-3-1-4-8(11(7)22-12(10)13(18)19)23(20,21)15-6-2-5-9(16)17/h1,3-4,15H,2,5-6H2,(H,16,17)(H,18,19). The molecular weight excluding hydrogens is 410 g/mol. The van der Waals surface area contributed by atoms with E-state index < -0.39 is 22.0 Å². The maximum Gasteiger partial charge on any atom is 0.347 e. The molecule has 2 aromatic rings. The SMILES string of the molecule is O=C(O)CCCNS(=O)(=O)c1cccc2c(Br)c(C(=O)O)sc12. The van der Waals surface area contributed by atoms with Gasteiger partial charge in [0.25, 0.3) is 0 Å². The second kappa shape index (κ2) is 6.95. The minimum absolute atomic E-state index is 0.0106. The van der Waals surface area contributed by atoms with Crippen molar-refractivity contribution < 1.29 is 28.2 Å². The molecule has 0 saturated heterocycles. The summed E-state index contributed by atoms with van der Waals surface area (Å²) in [5.41, 5.74) is 0. The van der Waals surface area contributed by atoms with Gasteiger partial charge in [-0.25, -0.2) is 17.9 Å². The third-order valence-corrected chi connectivity index (χ3v) is 6.91. The third kappa shape index (κ3) is 3.89. The second-order valence-electron chi connectivity index (χ2n) is 4.58. The van der Waals surface area contributed by atoms with Crippen molar-refractivity contribution in [3.63, 3.8) is 0 Å². The van der Waals surface area contributed by atoms with Gasteiger partial charge in [0, 0.05) is 18.4 Å². The van der Waals surface area contributed by atoms with E-state index in [0.717, 1.165) is 11.3 Å². The summed E-state index contributed by atoms with van der Waals surface area (Å²) in [6.45, 7) is -0.0106. The first-order valence-corrected chi connectivity index (χ1v) is 9.49. The number of nitrogens with one attached hydrogen (secondary N) is 1. The zero-order chi connectivity index (χ0) is 17.2. The zero-order valence-corrected chi connectivity index (χ0v) is 14.8. The lowest BCUT2D eigenvalue weighted by atomic mass is 10.2. The van der Waals surface area contributed by atoms with Gasteiger partial charge in [0.1, 0.15) is 4.88 Å². The summed E-state index contributed by atoms with van der Waals surface area (Å²) in [6, 6.07) is 4.54. The summed E-state index contributed by atoms with van der Waals surface area (Å²) in [4.78, 5) is 21.6. The molecule has 10 heteroatoms. The normalized spacial score (nSPS) is 11.7. The number of aliphatic carboxylic acids is 1. The van der Waals surface area contributed by atoms with E-state index in [1.807, 2.05) is 0 Å². The largest absolute Gasteiger partial charge is 0.481 e. The van der Waals surface area contributed by atoms with Crippen LogP contribution in [0.2, 0.25) is 0 Å². The van der Waals surface area contributed by atoms with Crippen molar-refractivity contribution in [1.29, 1.82) is 0 Å². The summed E-state index contributed by atoms with van der Waals surface area (Å²) in [6.07, 6.45) is 0.0273. The van der Waals surface area contributed by atoms with Gasteiger partial charge in [-0.05, 0) is 28.4 Å². The molecule has 0 radical (unpaired) electrons. The Bertz CT molecular complexity index is 874. The minimum Gasteiger partial charge on any atom is -0.481 e. The molecule has 7 nitrogen and oxygen atoms in total. The first-order valence-electron chi connectivity index (χ1n) is 6.40. The van der Waals surface area contributed by atoms with E-state index in [1.54, 1.807) is 6.07 Å². The van der Waals surface area contributed by atoms with Crippen LogP contribution in [0.4, 0.5) is 0 Å². The van der Waals surface area contributed by atoms with Crippen LogP contribution in [0.25, 0.3) is 10.1 Å². The second-order valence-corrected chi connectivity index (χ2v) is 8.13. The minimum atomic E-state index is -3.86. The maximum absolute atomic E-state index is 12.4. The van der Waals surface area contributed by atoms with E-state index in [4.69, 9.17) is 10.2 Å². The van der Waals surface area contributed by atoms with Crippen LogP contribution in [0.5, 0.6) is 0 Å². The highest BCUT2D eigenvalue weighted by molar-refractivity contribution is 9.10. The quantitative estimate of drug-likeness (QED) is 0.590. The van der Waals surface area contributed by atoms with Crippen LogP contribution >= 0.6 is 27.3 Å². The van der Waals surface area contributed by atoms with Gasteiger partial charge in [-0.15, -0.1) is 11.3 Å². The monoisotopic (exact) mass is 421 g/mol. The van der Waals surface area contributed by atoms with Crippen molar-refractivity contribution in [2.75, 3.05) is 6.54 Å². The Balaban J connectivity index is 2.37. The highest BCUT2D eigenvalue weighted by Crippen LogP contribution is 2.38. The van der Waals surface area contributed by atoms with Crippen molar-refractivity contribution in [2.45, 2.75) is 17.7 Å². The molecule has 1 aromatic carbocycles. The van der Waals surface area contributed by atoms with Gasteiger partial charge in [-0.3, -0.25) is 4.79 Å². The summed E-state index contributed by atoms with van der Waals surface area (Å²) >= 11 is 4.05. The molecule has 1 aromatic heterocycles. The maximum atomic E-state index is 12.4. The van der Waals surface area contributed by atoms with Gasteiger partial charge in [0.05, 0.1) is 14.1 Å². The highest BCUT2D eigenvalue weighted by Gasteiger charge is 2.23. The molecule has 2 rings (SSSR count). The van der Waals surface area contributed by atoms with Gasteiger partial charge in [-0.2, -0.15) is 0 Å². The number of thiophene rings is 1. The van der Waals surface area contributed by atoms with Crippen molar-refractivity contribution in [3.05, 3.63) is 27.5 Å². The van der Waals surface area contributed by atoms with E-state index in [1.165, 1.54) is 12.1 Å². The Labute approximate surface area is 144 Å². The number of hydrogen-bond acceptors (Lipinski definition) is 5. The lowest BCUT2D eigenvalue weighted by Crippen LogP contribution is -2.25. The van der Waals surface area contributed by atoms with Gasteiger partial charge in [-0.1, -0.05) is 12.1 Å². The fraction of sp³-hybridized carbons (Fsp3) is 0.231. The zero-order valence-electron chi connectivity index (χ0n) is 11.6. The Morgan fingerprint density at radius 1 is 1.26 bits per heavy atom. The number of hydrogen-bond donors (Lipinski definition) is 3. The van der Waals surface area contributed by atoms with E-state index in [0.29, 0.717) is 14.6 Å². The number of fused-ring (bicyclic) bond motifs is 1. The lowest BCUT2D eigenvalue weighted by molar-refractivity contribution is -0.137. The van der Waals surface area contributed by atoms with Gasteiger partial charge < -0.3 is 10.2 Å². The summed E-state index contributed by atoms with van der Waals surface area (Å²) in [7, 11) is -3.86. The molecule has 0 aliphatic heterocycles. The molecule has 23 heavy (non-hydrogen) atoms. The van der Waals surface area contributed by atoms with Crippen LogP contribution in [0.1, 0.15) is 22.5 Å². The highest BCUT2D eigenvalue weighted by atomic mass is 79.9. The molecule has 0 atom stereocenters. The number of aromatic carboxylic acids is 1. The Hall–Kier alpha value is -1.49. The van der Waals surface area contributed by atoms with Crippen molar-refractivity contribution in [3.8, 4) is 0 Å². The number of sulfonamides is 1. The van der Waals surface area contributed by atoms with Crippen LogP contribution in [0, 0.1) is 0 Å². The van der Waals surface area contributed by atoms with Crippen molar-refractivity contribution >= 4 is 59.3 Å². The van der Waals surface area contributed by atoms with Crippen LogP contribution in [0.3, 0.4) is 0 Å². The van der Waals surface area contributed by atoms with Gasteiger partial charge in [0.2, 0.25) is 10.0 Å². The molecule has 3 N–H and O–H groups in total. The average Bonchev–Trinajstić information content (AvgIpc) is 2.81. The number of rotatable bonds is 7. The molecule has 124 valence electrons. The number of carboxylic acid groups (broad SMARTS) is 2. The number of halogens is 1. The first kappa shape index (κ1) is 17.9. The van der Waals surface area contributed by atoms with Crippen LogP contribution in [-0.2, 0) is 14.8 Å². The Kier molecular flexibility index (Phi) is 5.40. The fourth-order valence-corrected chi connectivity index (χ4v) is 5.38. The third-order valence-electron chi connectivity index (χ3n) is 2.96. The molecule has 0 unspecified atom stereocenters. The molecule has 0 bridgehead atoms. The molecule has 1 heterocycles. The topological polar surface area (TPSA) is 121 Å². The summed E-state index contributed by atoms with van der Waals surface area (Å²) in [5.74, 6) is -2.14. The summed E-state index contributed by atoms with van der Waals surface area (Å²) in [5, 5.41) is 18.2. The number of carbonyl (C=O) groups is 2. The smallest absolute Gasteiger partial charge is 0.347 e. The lowest BCUT2D eigenvalue weighted by Gasteiger charge is -2.07.